The number of carbonyl (C=O) groups is 4. The van der Waals surface area contributed by atoms with Crippen LogP contribution in [0.4, 0.5) is 13.2 Å². The topological polar surface area (TPSA) is 131 Å². The van der Waals surface area contributed by atoms with E-state index in [0.717, 1.165) is 9.58 Å². The minimum absolute atomic E-state index is 0.151. The van der Waals surface area contributed by atoms with Crippen molar-refractivity contribution in [3.05, 3.63) is 27.1 Å². The molecule has 1 aromatic heterocycles. The van der Waals surface area contributed by atoms with E-state index in [1.165, 1.54) is 25.6 Å². The Morgan fingerprint density at radius 3 is 2.54 bits per heavy atom. The number of nitrogens with one attached hydrogen (secondary N) is 1. The standard InChI is InChI=1S/C20H20BrF3N4O6S/c1-7(28-13(9-3-4-9)11(21)15(26-28)20(22,23)24)16(30)25-12-17(31)27-14(19(32)33)10(5-34-8(2)29)6-35-18(12)27/h7,9,12,18H,3-6H2,1-2H3,(H,25,30)(H,32,33)/t7?,12-,18-/m1/s1. The van der Waals surface area contributed by atoms with Gasteiger partial charge in [0.15, 0.2) is 5.69 Å². The van der Waals surface area contributed by atoms with Crippen LogP contribution >= 0.6 is 27.7 Å². The fourth-order valence-corrected chi connectivity index (χ4v) is 6.13. The average Bonchev–Trinajstić information content (AvgIpc) is 3.54. The summed E-state index contributed by atoms with van der Waals surface area (Å²) in [5.74, 6) is -3.39. The molecule has 4 rings (SSSR count). The van der Waals surface area contributed by atoms with E-state index >= 15 is 0 Å². The number of alkyl halides is 3. The zero-order valence-electron chi connectivity index (χ0n) is 18.4. The Bertz CT molecular complexity index is 1150. The molecule has 10 nitrogen and oxygen atoms in total. The highest BCUT2D eigenvalue weighted by atomic mass is 79.9. The molecule has 3 aliphatic rings. The van der Waals surface area contributed by atoms with E-state index in [1.54, 1.807) is 0 Å². The molecule has 35 heavy (non-hydrogen) atoms. The van der Waals surface area contributed by atoms with Crippen molar-refractivity contribution < 1.29 is 42.2 Å². The van der Waals surface area contributed by atoms with Crippen LogP contribution in [-0.2, 0) is 30.1 Å². The number of amides is 2. The minimum atomic E-state index is -4.71. The first kappa shape index (κ1) is 25.5. The zero-order valence-corrected chi connectivity index (χ0v) is 20.8. The number of rotatable bonds is 7. The van der Waals surface area contributed by atoms with Crippen LogP contribution in [0, 0.1) is 0 Å². The van der Waals surface area contributed by atoms with E-state index in [0.29, 0.717) is 12.8 Å². The molecule has 2 aliphatic heterocycles. The second-order valence-electron chi connectivity index (χ2n) is 8.37. The van der Waals surface area contributed by atoms with Gasteiger partial charge in [-0.2, -0.15) is 18.3 Å². The molecular formula is C20H20BrF3N4O6S. The van der Waals surface area contributed by atoms with E-state index < -0.39 is 53.1 Å². The molecule has 0 radical (unpaired) electrons. The van der Waals surface area contributed by atoms with E-state index in [2.05, 4.69) is 26.3 Å². The number of β-lactam (4-membered cyclic amide) rings is 1. The van der Waals surface area contributed by atoms with Crippen LogP contribution in [0.3, 0.4) is 0 Å². The van der Waals surface area contributed by atoms with Crippen molar-refractivity contribution >= 4 is 51.4 Å². The van der Waals surface area contributed by atoms with Gasteiger partial charge in [-0.05, 0) is 35.7 Å². The van der Waals surface area contributed by atoms with Crippen LogP contribution in [0.5, 0.6) is 0 Å². The summed E-state index contributed by atoms with van der Waals surface area (Å²) in [6.45, 7) is 2.27. The van der Waals surface area contributed by atoms with Crippen LogP contribution in [0.15, 0.2) is 15.7 Å². The highest BCUT2D eigenvalue weighted by molar-refractivity contribution is 9.10. The Labute approximate surface area is 209 Å². The lowest BCUT2D eigenvalue weighted by molar-refractivity contribution is -0.151. The lowest BCUT2D eigenvalue weighted by Gasteiger charge is -2.49. The summed E-state index contributed by atoms with van der Waals surface area (Å²) in [5.41, 5.74) is -0.903. The van der Waals surface area contributed by atoms with Gasteiger partial charge < -0.3 is 15.2 Å². The van der Waals surface area contributed by atoms with Gasteiger partial charge in [-0.3, -0.25) is 24.0 Å². The average molecular weight is 581 g/mol. The molecule has 2 amide bonds. The largest absolute Gasteiger partial charge is 0.477 e. The van der Waals surface area contributed by atoms with Crippen molar-refractivity contribution in [3.8, 4) is 0 Å². The molecule has 190 valence electrons. The lowest BCUT2D eigenvalue weighted by atomic mass is 10.0. The number of thioether (sulfide) groups is 1. The van der Waals surface area contributed by atoms with Crippen LogP contribution in [-0.4, -0.2) is 67.3 Å². The number of hydrogen-bond donors (Lipinski definition) is 2. The fourth-order valence-electron chi connectivity index (χ4n) is 3.99. The van der Waals surface area contributed by atoms with Gasteiger partial charge in [-0.1, -0.05) is 0 Å². The first-order valence-electron chi connectivity index (χ1n) is 10.5. The predicted molar refractivity (Wildman–Crippen MR) is 118 cm³/mol. The number of hydrogen-bond acceptors (Lipinski definition) is 7. The van der Waals surface area contributed by atoms with E-state index in [1.807, 2.05) is 0 Å². The van der Waals surface area contributed by atoms with Crippen LogP contribution in [0.25, 0.3) is 0 Å². The normalized spacial score (nSPS) is 22.9. The summed E-state index contributed by atoms with van der Waals surface area (Å²) in [6.07, 6.45) is -3.37. The van der Waals surface area contributed by atoms with E-state index in [9.17, 15) is 37.5 Å². The third-order valence-corrected chi connectivity index (χ3v) is 7.98. The molecule has 1 aliphatic carbocycles. The van der Waals surface area contributed by atoms with Crippen molar-refractivity contribution in [1.29, 1.82) is 0 Å². The van der Waals surface area contributed by atoms with E-state index in [-0.39, 0.29) is 39.7 Å². The minimum Gasteiger partial charge on any atom is -0.477 e. The van der Waals surface area contributed by atoms with Crippen molar-refractivity contribution in [1.82, 2.24) is 20.0 Å². The molecule has 15 heteroatoms. The molecule has 1 aromatic rings. The Kier molecular flexibility index (Phi) is 6.68. The quantitative estimate of drug-likeness (QED) is 0.371. The van der Waals surface area contributed by atoms with Crippen molar-refractivity contribution in [2.75, 3.05) is 12.4 Å². The predicted octanol–water partition coefficient (Wildman–Crippen LogP) is 2.40. The lowest BCUT2D eigenvalue weighted by Crippen LogP contribution is -2.71. The number of aromatic nitrogens is 2. The maximum absolute atomic E-state index is 13.4. The molecule has 3 heterocycles. The van der Waals surface area contributed by atoms with Gasteiger partial charge in [0.25, 0.3) is 5.91 Å². The number of nitrogens with zero attached hydrogens (tertiary/aromatic N) is 3. The summed E-state index contributed by atoms with van der Waals surface area (Å²) < 4.78 is 45.9. The molecule has 2 N–H and O–H groups in total. The second-order valence-corrected chi connectivity index (χ2v) is 10.3. The first-order chi connectivity index (χ1) is 16.3. The fraction of sp³-hybridized carbons (Fsp3) is 0.550. The molecule has 0 spiro atoms. The number of fused-ring (bicyclic) bond motifs is 1. The summed E-state index contributed by atoms with van der Waals surface area (Å²) >= 11 is 4.17. The van der Waals surface area contributed by atoms with Crippen molar-refractivity contribution in [2.45, 2.75) is 56.2 Å². The summed E-state index contributed by atoms with van der Waals surface area (Å²) in [7, 11) is 0. The van der Waals surface area contributed by atoms with Gasteiger partial charge in [0.05, 0.1) is 10.2 Å². The highest BCUT2D eigenvalue weighted by Crippen LogP contribution is 2.48. The third kappa shape index (κ3) is 4.67. The summed E-state index contributed by atoms with van der Waals surface area (Å²) in [6, 6.07) is -2.22. The molecular weight excluding hydrogens is 561 g/mol. The Morgan fingerprint density at radius 1 is 1.34 bits per heavy atom. The molecule has 0 bridgehead atoms. The van der Waals surface area contributed by atoms with Crippen LogP contribution < -0.4 is 5.32 Å². The first-order valence-corrected chi connectivity index (χ1v) is 12.4. The number of carboxylic acid groups (broad SMARTS) is 1. The molecule has 1 saturated heterocycles. The molecule has 1 unspecified atom stereocenters. The van der Waals surface area contributed by atoms with Gasteiger partial charge >= 0.3 is 18.1 Å². The monoisotopic (exact) mass is 580 g/mol. The number of carboxylic acids is 1. The Morgan fingerprint density at radius 2 is 2.00 bits per heavy atom. The van der Waals surface area contributed by atoms with Gasteiger partial charge in [-0.15, -0.1) is 11.8 Å². The third-order valence-electron chi connectivity index (χ3n) is 5.86. The number of halogens is 4. The zero-order chi connectivity index (χ0) is 25.8. The molecule has 0 aromatic carbocycles. The maximum Gasteiger partial charge on any atom is 0.436 e. The molecule has 1 saturated carbocycles. The summed E-state index contributed by atoms with van der Waals surface area (Å²) in [5, 5.41) is 15.1. The number of ether oxygens (including phenoxy) is 1. The smallest absolute Gasteiger partial charge is 0.436 e. The number of esters is 1. The SMILES string of the molecule is CC(=O)OCC1=C(C(=O)O)N2C(=O)[C@@H](NC(=O)C(C)n3nc(C(F)(F)F)c(Br)c3C3CC3)[C@H]2SC1. The van der Waals surface area contributed by atoms with Gasteiger partial charge in [0.2, 0.25) is 5.91 Å². The Hall–Kier alpha value is -2.55. The van der Waals surface area contributed by atoms with E-state index in [4.69, 9.17) is 4.74 Å². The number of carbonyl (C=O) groups excluding carboxylic acids is 3. The van der Waals surface area contributed by atoms with Crippen molar-refractivity contribution in [3.63, 3.8) is 0 Å². The van der Waals surface area contributed by atoms with Gasteiger partial charge in [0.1, 0.15) is 29.8 Å². The molecule has 2 fully saturated rings. The van der Waals surface area contributed by atoms with Gasteiger partial charge in [0, 0.05) is 24.2 Å². The molecule has 3 atom stereocenters. The summed E-state index contributed by atoms with van der Waals surface area (Å²) in [4.78, 5) is 49.6. The van der Waals surface area contributed by atoms with Crippen LogP contribution in [0.2, 0.25) is 0 Å². The maximum atomic E-state index is 13.4. The van der Waals surface area contributed by atoms with Crippen LogP contribution in [0.1, 0.15) is 50.0 Å². The number of aliphatic carboxylic acids is 1. The Balaban J connectivity index is 1.52. The second kappa shape index (κ2) is 9.15. The van der Waals surface area contributed by atoms with Gasteiger partial charge in [-0.25, -0.2) is 4.79 Å². The highest BCUT2D eigenvalue weighted by Gasteiger charge is 2.54. The van der Waals surface area contributed by atoms with Crippen molar-refractivity contribution in [2.24, 2.45) is 0 Å².